The highest BCUT2D eigenvalue weighted by Crippen LogP contribution is 2.45. The van der Waals surface area contributed by atoms with E-state index in [4.69, 9.17) is 20.9 Å². The molecule has 0 bridgehead atoms. The summed E-state index contributed by atoms with van der Waals surface area (Å²) in [6.07, 6.45) is 10.3. The molecule has 4 fully saturated rings. The fraction of sp³-hybridized carbons (Fsp3) is 0.286. The van der Waals surface area contributed by atoms with Crippen LogP contribution in [-0.2, 0) is 19.1 Å². The predicted molar refractivity (Wildman–Crippen MR) is 221 cm³/mol. The Bertz CT molecular complexity index is 2550. The van der Waals surface area contributed by atoms with Gasteiger partial charge in [-0.05, 0) is 85.0 Å². The minimum atomic E-state index is -0.423. The number of fused-ring (bicyclic) bond motifs is 2. The van der Waals surface area contributed by atoms with Crippen molar-refractivity contribution in [1.29, 1.82) is 0 Å². The summed E-state index contributed by atoms with van der Waals surface area (Å²) < 4.78 is 10.4. The van der Waals surface area contributed by atoms with Gasteiger partial charge in [-0.3, -0.25) is 19.6 Å². The van der Waals surface area contributed by atoms with Crippen molar-refractivity contribution in [3.05, 3.63) is 84.7 Å². The first-order chi connectivity index (χ1) is 29.0. The molecule has 60 heavy (non-hydrogen) atoms. The first-order valence-corrected chi connectivity index (χ1v) is 19.4. The lowest BCUT2D eigenvalue weighted by atomic mass is 10.1. The van der Waals surface area contributed by atoms with Crippen molar-refractivity contribution < 1.29 is 28.7 Å². The molecule has 4 aliphatic rings. The number of ether oxygens (including phenoxy) is 2. The van der Waals surface area contributed by atoms with Gasteiger partial charge < -0.3 is 42.2 Å². The Morgan fingerprint density at radius 1 is 0.667 bits per heavy atom. The van der Waals surface area contributed by atoms with E-state index in [0.29, 0.717) is 71.4 Å². The molecule has 18 nitrogen and oxygen atoms in total. The zero-order valence-electron chi connectivity index (χ0n) is 32.5. The van der Waals surface area contributed by atoms with E-state index in [9.17, 15) is 19.2 Å². The van der Waals surface area contributed by atoms with Crippen LogP contribution in [0.2, 0.25) is 0 Å². The maximum absolute atomic E-state index is 12.6. The first kappa shape index (κ1) is 38.0. The molecule has 2 unspecified atom stereocenters. The molecule has 2 aliphatic carbocycles. The summed E-state index contributed by atoms with van der Waals surface area (Å²) in [5.74, 6) is 1.10. The molecule has 304 valence electrons. The molecule has 18 heteroatoms. The van der Waals surface area contributed by atoms with Gasteiger partial charge in [0.2, 0.25) is 11.8 Å². The van der Waals surface area contributed by atoms with E-state index in [1.54, 1.807) is 49.3 Å². The van der Waals surface area contributed by atoms with Gasteiger partial charge in [0.1, 0.15) is 35.5 Å². The molecule has 0 spiro atoms. The molecule has 0 aromatic carbocycles. The van der Waals surface area contributed by atoms with Gasteiger partial charge in [-0.25, -0.2) is 29.5 Å². The number of anilines is 4. The van der Waals surface area contributed by atoms with Gasteiger partial charge in [-0.1, -0.05) is 0 Å². The summed E-state index contributed by atoms with van der Waals surface area (Å²) in [4.78, 5) is 73.5. The average Bonchev–Trinajstić information content (AvgIpc) is 4.13. The molecular weight excluding hydrogens is 769 g/mol. The SMILES string of the molecule is Cc1ccncc1-c1cc2cc(NC(=O)[C@@H]3C[C@H]3C3CNC(=O)O3)ncc2c(N)n1.Cc1ccncc1-c1cc2cc(NC(=O)[C@H]3C[C@@H]3C3CNC(=O)O3)ncc2c(N)n1. The van der Waals surface area contributed by atoms with Crippen LogP contribution in [0.1, 0.15) is 24.0 Å². The second-order valence-corrected chi connectivity index (χ2v) is 15.4. The topological polar surface area (TPSA) is 264 Å². The summed E-state index contributed by atoms with van der Waals surface area (Å²) in [7, 11) is 0. The maximum atomic E-state index is 12.6. The van der Waals surface area contributed by atoms with E-state index in [1.165, 1.54) is 0 Å². The van der Waals surface area contributed by atoms with Crippen molar-refractivity contribution in [3.63, 3.8) is 0 Å². The monoisotopic (exact) mass is 808 g/mol. The van der Waals surface area contributed by atoms with Gasteiger partial charge in [0.25, 0.3) is 0 Å². The molecule has 6 aromatic heterocycles. The third-order valence-electron chi connectivity index (χ3n) is 11.3. The van der Waals surface area contributed by atoms with Crippen LogP contribution in [0.25, 0.3) is 44.1 Å². The summed E-state index contributed by atoms with van der Waals surface area (Å²) in [6, 6.07) is 11.2. The van der Waals surface area contributed by atoms with Crippen LogP contribution in [0, 0.1) is 37.5 Å². The van der Waals surface area contributed by atoms with Crippen molar-refractivity contribution >= 4 is 68.8 Å². The third kappa shape index (κ3) is 7.73. The number of nitrogen functional groups attached to an aromatic ring is 2. The molecule has 8 N–H and O–H groups in total. The van der Waals surface area contributed by atoms with E-state index < -0.39 is 12.2 Å². The Morgan fingerprint density at radius 3 is 1.48 bits per heavy atom. The zero-order valence-corrected chi connectivity index (χ0v) is 32.5. The predicted octanol–water partition coefficient (Wildman–Crippen LogP) is 4.53. The average molecular weight is 809 g/mol. The number of rotatable bonds is 8. The van der Waals surface area contributed by atoms with Gasteiger partial charge >= 0.3 is 12.2 Å². The molecule has 6 aromatic rings. The quantitative estimate of drug-likeness (QED) is 0.123. The smallest absolute Gasteiger partial charge is 0.407 e. The number of amides is 4. The number of hydrogen-bond donors (Lipinski definition) is 6. The Hall–Kier alpha value is -7.50. The van der Waals surface area contributed by atoms with Crippen LogP contribution < -0.4 is 32.7 Å². The van der Waals surface area contributed by atoms with E-state index >= 15 is 0 Å². The standard InChI is InChI=1S/2C21H20N6O3/c2*1-10-2-3-23-7-14(10)16-4-11-5-18(24-8-15(11)19(22)26-16)27-20(28)13-6-12(13)17-9-25-21(29)30-17/h2*2-5,7-8,12-13,17H,6,9H2,1H3,(H2,22,26)(H,25,29)(H,24,27,28)/t2*12-,13-,17?/m10/s1. The number of nitrogens with zero attached hydrogens (tertiary/aromatic N) is 6. The van der Waals surface area contributed by atoms with Crippen LogP contribution in [-0.4, -0.2) is 79.2 Å². The number of cyclic esters (lactones) is 2. The number of nitrogens with two attached hydrogens (primary N) is 2. The van der Waals surface area contributed by atoms with Crippen LogP contribution >= 0.6 is 0 Å². The number of carbonyl (C=O) groups is 4. The Morgan fingerprint density at radius 2 is 1.10 bits per heavy atom. The Balaban J connectivity index is 0.000000154. The summed E-state index contributed by atoms with van der Waals surface area (Å²) in [5, 5.41) is 14.1. The van der Waals surface area contributed by atoms with Crippen LogP contribution in [0.5, 0.6) is 0 Å². The number of carbonyl (C=O) groups excluding carboxylic acids is 4. The molecule has 2 saturated heterocycles. The molecule has 10 rings (SSSR count). The lowest BCUT2D eigenvalue weighted by Gasteiger charge is -2.10. The lowest BCUT2D eigenvalue weighted by molar-refractivity contribution is -0.118. The third-order valence-corrected chi connectivity index (χ3v) is 11.3. The summed E-state index contributed by atoms with van der Waals surface area (Å²) >= 11 is 0. The molecule has 2 saturated carbocycles. The van der Waals surface area contributed by atoms with Gasteiger partial charge in [0.15, 0.2) is 0 Å². The maximum Gasteiger partial charge on any atom is 0.407 e. The number of pyridine rings is 6. The van der Waals surface area contributed by atoms with Crippen molar-refractivity contribution in [2.24, 2.45) is 23.7 Å². The minimum absolute atomic E-state index is 0.0457. The molecule has 0 radical (unpaired) electrons. The lowest BCUT2D eigenvalue weighted by Crippen LogP contribution is -2.22. The highest BCUT2D eigenvalue weighted by atomic mass is 16.6. The Labute approximate surface area is 342 Å². The normalized spacial score (nSPS) is 22.4. The largest absolute Gasteiger partial charge is 0.444 e. The van der Waals surface area contributed by atoms with Crippen LogP contribution in [0.3, 0.4) is 0 Å². The number of nitrogens with one attached hydrogen (secondary N) is 4. The number of aromatic nitrogens is 6. The van der Waals surface area contributed by atoms with E-state index in [-0.39, 0.29) is 47.7 Å². The molecule has 2 aliphatic heterocycles. The van der Waals surface area contributed by atoms with Gasteiger partial charge in [0.05, 0.1) is 24.5 Å². The Kier molecular flexibility index (Phi) is 9.73. The van der Waals surface area contributed by atoms with Crippen molar-refractivity contribution in [1.82, 2.24) is 40.5 Å². The van der Waals surface area contributed by atoms with Gasteiger partial charge in [0, 0.05) is 82.8 Å². The number of alkyl carbamates (subject to hydrolysis) is 2. The fourth-order valence-corrected chi connectivity index (χ4v) is 7.80. The van der Waals surface area contributed by atoms with Gasteiger partial charge in [-0.15, -0.1) is 0 Å². The number of aryl methyl sites for hydroxylation is 2. The highest BCUT2D eigenvalue weighted by Gasteiger charge is 2.52. The second-order valence-electron chi connectivity index (χ2n) is 15.4. The van der Waals surface area contributed by atoms with E-state index in [0.717, 1.165) is 33.0 Å². The van der Waals surface area contributed by atoms with Crippen LogP contribution in [0.15, 0.2) is 73.6 Å². The van der Waals surface area contributed by atoms with Crippen molar-refractivity contribution in [3.8, 4) is 22.5 Å². The van der Waals surface area contributed by atoms with Crippen molar-refractivity contribution in [2.45, 2.75) is 38.9 Å². The molecule has 8 heterocycles. The van der Waals surface area contributed by atoms with Crippen LogP contribution in [0.4, 0.5) is 32.9 Å². The van der Waals surface area contributed by atoms with E-state index in [2.05, 4.69) is 51.2 Å². The van der Waals surface area contributed by atoms with E-state index in [1.807, 2.05) is 38.1 Å². The first-order valence-electron chi connectivity index (χ1n) is 19.4. The highest BCUT2D eigenvalue weighted by molar-refractivity contribution is 6.00. The fourth-order valence-electron chi connectivity index (χ4n) is 7.80. The summed E-state index contributed by atoms with van der Waals surface area (Å²) in [5.41, 5.74) is 17.6. The number of hydrogen-bond acceptors (Lipinski definition) is 14. The molecule has 4 amide bonds. The summed E-state index contributed by atoms with van der Waals surface area (Å²) in [6.45, 7) is 4.87. The van der Waals surface area contributed by atoms with Gasteiger partial charge in [-0.2, -0.15) is 0 Å². The second kappa shape index (κ2) is 15.3. The molecular formula is C42H40N12O6. The zero-order chi connectivity index (χ0) is 41.7. The minimum Gasteiger partial charge on any atom is -0.444 e. The molecule has 6 atom stereocenters. The van der Waals surface area contributed by atoms with Crippen molar-refractivity contribution in [2.75, 3.05) is 35.2 Å².